The minimum Gasteiger partial charge on any atom is -0.508 e. The Morgan fingerprint density at radius 2 is 2.08 bits per heavy atom. The van der Waals surface area contributed by atoms with Crippen LogP contribution in [-0.2, 0) is 11.2 Å². The van der Waals surface area contributed by atoms with Crippen molar-refractivity contribution in [1.29, 1.82) is 0 Å². The average Bonchev–Trinajstić information content (AvgIpc) is 2.51. The molecule has 0 heterocycles. The van der Waals surface area contributed by atoms with Crippen LogP contribution < -0.4 is 5.43 Å². The van der Waals surface area contributed by atoms with Crippen LogP contribution in [0.1, 0.15) is 11.1 Å². The first-order valence-corrected chi connectivity index (χ1v) is 7.43. The minimum atomic E-state index is -0.609. The topological polar surface area (TPSA) is 125 Å². The fourth-order valence-electron chi connectivity index (χ4n) is 1.87. The summed E-state index contributed by atoms with van der Waals surface area (Å²) >= 11 is 3.01. The quantitative estimate of drug-likeness (QED) is 0.408. The van der Waals surface area contributed by atoms with Gasteiger partial charge in [0, 0.05) is 17.7 Å². The molecule has 0 saturated heterocycles. The van der Waals surface area contributed by atoms with Gasteiger partial charge in [-0.1, -0.05) is 12.1 Å². The lowest BCUT2D eigenvalue weighted by Crippen LogP contribution is -2.19. The van der Waals surface area contributed by atoms with Gasteiger partial charge in [0.2, 0.25) is 5.91 Å². The van der Waals surface area contributed by atoms with Crippen molar-refractivity contribution in [1.82, 2.24) is 5.43 Å². The van der Waals surface area contributed by atoms with Gasteiger partial charge in [-0.2, -0.15) is 5.10 Å². The summed E-state index contributed by atoms with van der Waals surface area (Å²) in [5, 5.41) is 33.6. The fraction of sp³-hybridized carbons (Fsp3) is 0.0667. The highest BCUT2D eigenvalue weighted by Gasteiger charge is 2.13. The lowest BCUT2D eigenvalue weighted by molar-refractivity contribution is -0.385. The molecule has 0 aliphatic heterocycles. The smallest absolute Gasteiger partial charge is 0.271 e. The maximum absolute atomic E-state index is 11.8. The second-order valence-electron chi connectivity index (χ2n) is 4.76. The third-order valence-electron chi connectivity index (χ3n) is 2.96. The van der Waals surface area contributed by atoms with Crippen molar-refractivity contribution in [2.24, 2.45) is 5.10 Å². The molecule has 0 aliphatic rings. The second kappa shape index (κ2) is 7.55. The van der Waals surface area contributed by atoms with Crippen LogP contribution in [0.2, 0.25) is 0 Å². The van der Waals surface area contributed by atoms with E-state index >= 15 is 0 Å². The van der Waals surface area contributed by atoms with E-state index in [1.807, 2.05) is 0 Å². The molecule has 0 spiro atoms. The number of amides is 1. The van der Waals surface area contributed by atoms with Crippen molar-refractivity contribution in [2.75, 3.05) is 0 Å². The van der Waals surface area contributed by atoms with E-state index in [2.05, 4.69) is 26.5 Å². The standard InChI is InChI=1S/C15H12BrN3O5/c16-13-7-11(19(23)24)6-10(15(13)22)8-17-18-14(21)5-9-2-1-3-12(20)4-9/h1-4,6-8,20,22H,5H2,(H,18,21). The maximum Gasteiger partial charge on any atom is 0.271 e. The number of nitro benzene ring substituents is 1. The van der Waals surface area contributed by atoms with Crippen molar-refractivity contribution in [3.05, 3.63) is 62.1 Å². The first kappa shape index (κ1) is 17.4. The molecule has 8 nitrogen and oxygen atoms in total. The van der Waals surface area contributed by atoms with Crippen LogP contribution in [0.15, 0.2) is 46.0 Å². The zero-order valence-electron chi connectivity index (χ0n) is 12.1. The summed E-state index contributed by atoms with van der Waals surface area (Å²) in [5.41, 5.74) is 2.70. The summed E-state index contributed by atoms with van der Waals surface area (Å²) < 4.78 is 0.143. The molecule has 0 aliphatic carbocycles. The van der Waals surface area contributed by atoms with E-state index < -0.39 is 10.8 Å². The summed E-state index contributed by atoms with van der Waals surface area (Å²) in [7, 11) is 0. The molecule has 0 bridgehead atoms. The average molecular weight is 394 g/mol. The van der Waals surface area contributed by atoms with E-state index in [4.69, 9.17) is 0 Å². The second-order valence-corrected chi connectivity index (χ2v) is 5.62. The molecule has 0 atom stereocenters. The first-order chi connectivity index (χ1) is 11.4. The van der Waals surface area contributed by atoms with Crippen molar-refractivity contribution >= 4 is 33.7 Å². The SMILES string of the molecule is O=C(Cc1cccc(O)c1)NN=Cc1cc([N+](=O)[O-])cc(Br)c1O. The van der Waals surface area contributed by atoms with Crippen LogP contribution in [0.3, 0.4) is 0 Å². The molecule has 0 saturated carbocycles. The van der Waals surface area contributed by atoms with Crippen molar-refractivity contribution in [3.63, 3.8) is 0 Å². The number of benzene rings is 2. The maximum atomic E-state index is 11.8. The van der Waals surface area contributed by atoms with Crippen molar-refractivity contribution in [3.8, 4) is 11.5 Å². The molecule has 1 amide bonds. The number of nitro groups is 1. The lowest BCUT2D eigenvalue weighted by atomic mass is 10.1. The number of hydrazone groups is 1. The van der Waals surface area contributed by atoms with Crippen molar-refractivity contribution in [2.45, 2.75) is 6.42 Å². The number of carbonyl (C=O) groups is 1. The Kier molecular flexibility index (Phi) is 5.48. The normalized spacial score (nSPS) is 10.7. The Morgan fingerprint density at radius 1 is 1.33 bits per heavy atom. The minimum absolute atomic E-state index is 0.00362. The molecule has 24 heavy (non-hydrogen) atoms. The number of phenols is 2. The van der Waals surface area contributed by atoms with Gasteiger partial charge in [-0.3, -0.25) is 14.9 Å². The van der Waals surface area contributed by atoms with Gasteiger partial charge in [-0.15, -0.1) is 0 Å². The molecule has 0 radical (unpaired) electrons. The zero-order chi connectivity index (χ0) is 17.7. The number of carbonyl (C=O) groups excluding carboxylic acids is 1. The molecule has 3 N–H and O–H groups in total. The largest absolute Gasteiger partial charge is 0.508 e. The van der Waals surface area contributed by atoms with Gasteiger partial charge in [-0.25, -0.2) is 5.43 Å². The van der Waals surface area contributed by atoms with E-state index in [-0.39, 0.29) is 33.6 Å². The van der Waals surface area contributed by atoms with E-state index in [1.165, 1.54) is 12.1 Å². The predicted molar refractivity (Wildman–Crippen MR) is 90.0 cm³/mol. The Balaban J connectivity index is 2.06. The third-order valence-corrected chi connectivity index (χ3v) is 3.56. The summed E-state index contributed by atoms with van der Waals surface area (Å²) in [4.78, 5) is 21.9. The lowest BCUT2D eigenvalue weighted by Gasteiger charge is -2.03. The molecule has 124 valence electrons. The molecule has 0 aromatic heterocycles. The van der Waals surface area contributed by atoms with Gasteiger partial charge in [-0.05, 0) is 33.6 Å². The summed E-state index contributed by atoms with van der Waals surface area (Å²) in [6.07, 6.45) is 1.10. The monoisotopic (exact) mass is 393 g/mol. The highest BCUT2D eigenvalue weighted by atomic mass is 79.9. The summed E-state index contributed by atoms with van der Waals surface area (Å²) in [6, 6.07) is 8.51. The van der Waals surface area contributed by atoms with Gasteiger partial charge in [0.15, 0.2) is 0 Å². The molecular weight excluding hydrogens is 382 g/mol. The fourth-order valence-corrected chi connectivity index (χ4v) is 2.34. The van der Waals surface area contributed by atoms with Crippen molar-refractivity contribution < 1.29 is 19.9 Å². The highest BCUT2D eigenvalue weighted by Crippen LogP contribution is 2.31. The van der Waals surface area contributed by atoms with Gasteiger partial charge < -0.3 is 10.2 Å². The molecule has 9 heteroatoms. The van der Waals surface area contributed by atoms with Gasteiger partial charge in [0.1, 0.15) is 11.5 Å². The van der Waals surface area contributed by atoms with Gasteiger partial charge >= 0.3 is 0 Å². The number of non-ortho nitro benzene ring substituents is 1. The van der Waals surface area contributed by atoms with Crippen LogP contribution in [0.25, 0.3) is 0 Å². The van der Waals surface area contributed by atoms with Crippen LogP contribution in [0, 0.1) is 10.1 Å². The number of nitrogens with one attached hydrogen (secondary N) is 1. The molecule has 0 unspecified atom stereocenters. The predicted octanol–water partition coefficient (Wildman–Crippen LogP) is 2.46. The summed E-state index contributed by atoms with van der Waals surface area (Å²) in [6.45, 7) is 0. The van der Waals surface area contributed by atoms with Crippen LogP contribution in [0.5, 0.6) is 11.5 Å². The Labute approximate surface area is 144 Å². The number of hydrogen-bond acceptors (Lipinski definition) is 6. The number of nitrogens with zero attached hydrogens (tertiary/aromatic N) is 2. The number of rotatable bonds is 5. The number of hydrogen-bond donors (Lipinski definition) is 3. The molecule has 0 fully saturated rings. The van der Waals surface area contributed by atoms with E-state index in [0.29, 0.717) is 5.56 Å². The van der Waals surface area contributed by atoms with Gasteiger partial charge in [0.05, 0.1) is 22.0 Å². The van der Waals surface area contributed by atoms with Crippen LogP contribution >= 0.6 is 15.9 Å². The molecule has 2 aromatic rings. The number of aromatic hydroxyl groups is 2. The van der Waals surface area contributed by atoms with E-state index in [0.717, 1.165) is 18.3 Å². The molecular formula is C15H12BrN3O5. The Morgan fingerprint density at radius 3 is 2.75 bits per heavy atom. The van der Waals surface area contributed by atoms with Gasteiger partial charge in [0.25, 0.3) is 5.69 Å². The Bertz CT molecular complexity index is 823. The zero-order valence-corrected chi connectivity index (χ0v) is 13.7. The first-order valence-electron chi connectivity index (χ1n) is 6.63. The molecule has 2 rings (SSSR count). The van der Waals surface area contributed by atoms with E-state index in [9.17, 15) is 25.1 Å². The van der Waals surface area contributed by atoms with Crippen LogP contribution in [0.4, 0.5) is 5.69 Å². The van der Waals surface area contributed by atoms with Crippen LogP contribution in [-0.4, -0.2) is 27.3 Å². The number of halogens is 1. The van der Waals surface area contributed by atoms with E-state index in [1.54, 1.807) is 12.1 Å². The number of phenolic OH excluding ortho intramolecular Hbond substituents is 2. The Hall–Kier alpha value is -2.94. The molecule has 2 aromatic carbocycles. The summed E-state index contributed by atoms with van der Waals surface area (Å²) in [5.74, 6) is -0.623. The third kappa shape index (κ3) is 4.53. The highest BCUT2D eigenvalue weighted by molar-refractivity contribution is 9.10.